The monoisotopic (exact) mass is 358 g/mol. The summed E-state index contributed by atoms with van der Waals surface area (Å²) in [4.78, 5) is 14.7. The molecule has 25 heavy (non-hydrogen) atoms. The number of carbonyl (C=O) groups excluding carboxylic acids is 1. The van der Waals surface area contributed by atoms with Crippen LogP contribution in [0.25, 0.3) is 0 Å². The lowest BCUT2D eigenvalue weighted by Crippen LogP contribution is -2.43. The van der Waals surface area contributed by atoms with Crippen molar-refractivity contribution in [1.82, 2.24) is 10.2 Å². The number of nitrogens with one attached hydrogen (secondary N) is 1. The van der Waals surface area contributed by atoms with Crippen LogP contribution < -0.4 is 5.32 Å². The van der Waals surface area contributed by atoms with Crippen molar-refractivity contribution in [3.8, 4) is 0 Å². The first-order valence-electron chi connectivity index (χ1n) is 8.62. The molecule has 1 aliphatic rings. The zero-order valence-corrected chi connectivity index (χ0v) is 14.8. The average Bonchev–Trinajstić information content (AvgIpc) is 2.63. The van der Waals surface area contributed by atoms with Gasteiger partial charge in [0.15, 0.2) is 0 Å². The molecule has 0 bridgehead atoms. The minimum Gasteiger partial charge on any atom is -0.393 e. The van der Waals surface area contributed by atoms with Crippen molar-refractivity contribution in [3.05, 3.63) is 70.7 Å². The molecule has 0 spiro atoms. The smallest absolute Gasteiger partial charge is 0.234 e. The zero-order chi connectivity index (χ0) is 17.6. The number of halogens is 1. The van der Waals surface area contributed by atoms with Crippen molar-refractivity contribution < 1.29 is 9.90 Å². The normalized spacial score (nSPS) is 17.2. The first-order chi connectivity index (χ1) is 12.1. The van der Waals surface area contributed by atoms with E-state index in [4.69, 9.17) is 11.6 Å². The minimum absolute atomic E-state index is 0.0137. The van der Waals surface area contributed by atoms with E-state index in [2.05, 4.69) is 10.2 Å². The molecule has 5 heteroatoms. The van der Waals surface area contributed by atoms with E-state index in [1.165, 1.54) is 0 Å². The summed E-state index contributed by atoms with van der Waals surface area (Å²) in [6.07, 6.45) is 1.23. The fourth-order valence-electron chi connectivity index (χ4n) is 3.15. The molecular formula is C20H23ClN2O2. The number of aliphatic hydroxyl groups excluding tert-OH is 1. The number of rotatable bonds is 5. The van der Waals surface area contributed by atoms with Crippen molar-refractivity contribution >= 4 is 17.5 Å². The molecule has 0 radical (unpaired) electrons. The first kappa shape index (κ1) is 17.9. The number of hydrogen-bond donors (Lipinski definition) is 2. The third-order valence-corrected chi connectivity index (χ3v) is 4.82. The van der Waals surface area contributed by atoms with Gasteiger partial charge in [0, 0.05) is 18.1 Å². The fourth-order valence-corrected chi connectivity index (χ4v) is 3.27. The Bertz CT molecular complexity index is 683. The highest BCUT2D eigenvalue weighted by Gasteiger charge is 2.21. The molecule has 1 fully saturated rings. The molecule has 0 saturated carbocycles. The van der Waals surface area contributed by atoms with Crippen molar-refractivity contribution in [2.24, 2.45) is 0 Å². The highest BCUT2D eigenvalue weighted by Crippen LogP contribution is 2.23. The van der Waals surface area contributed by atoms with Gasteiger partial charge in [0.1, 0.15) is 0 Å². The SMILES string of the molecule is O=C(CN1CCC(O)CC1)N[C@H](c1ccccc1)c1ccc(Cl)cc1. The molecule has 1 atom stereocenters. The Kier molecular flexibility index (Phi) is 6.08. The standard InChI is InChI=1S/C20H23ClN2O2/c21-17-8-6-16(7-9-17)20(15-4-2-1-3-5-15)22-19(25)14-23-12-10-18(24)11-13-23/h1-9,18,20,24H,10-14H2,(H,22,25)/t20-/m1/s1. The Morgan fingerprint density at radius 3 is 2.32 bits per heavy atom. The first-order valence-corrected chi connectivity index (χ1v) is 9.00. The van der Waals surface area contributed by atoms with Gasteiger partial charge in [0.05, 0.1) is 18.7 Å². The van der Waals surface area contributed by atoms with E-state index >= 15 is 0 Å². The van der Waals surface area contributed by atoms with Crippen molar-refractivity contribution in [3.63, 3.8) is 0 Å². The number of aliphatic hydroxyl groups is 1. The molecular weight excluding hydrogens is 336 g/mol. The fraction of sp³-hybridized carbons (Fsp3) is 0.350. The number of hydrogen-bond acceptors (Lipinski definition) is 3. The molecule has 1 heterocycles. The minimum atomic E-state index is -0.231. The summed E-state index contributed by atoms with van der Waals surface area (Å²) < 4.78 is 0. The van der Waals surface area contributed by atoms with Crippen molar-refractivity contribution in [2.75, 3.05) is 19.6 Å². The third-order valence-electron chi connectivity index (χ3n) is 4.57. The number of piperidine rings is 1. The number of likely N-dealkylation sites (tertiary alicyclic amines) is 1. The van der Waals surface area contributed by atoms with Crippen LogP contribution in [0.15, 0.2) is 54.6 Å². The van der Waals surface area contributed by atoms with Crippen LogP contribution >= 0.6 is 11.6 Å². The van der Waals surface area contributed by atoms with Crippen LogP contribution in [-0.2, 0) is 4.79 Å². The molecule has 132 valence electrons. The Labute approximate surface area is 153 Å². The summed E-state index contributed by atoms with van der Waals surface area (Å²) in [5.74, 6) is -0.0137. The number of benzene rings is 2. The van der Waals surface area contributed by atoms with E-state index in [0.29, 0.717) is 11.6 Å². The molecule has 2 aromatic rings. The van der Waals surface area contributed by atoms with Gasteiger partial charge in [-0.1, -0.05) is 54.1 Å². The van der Waals surface area contributed by atoms with E-state index in [0.717, 1.165) is 37.1 Å². The van der Waals surface area contributed by atoms with Crippen LogP contribution in [0.1, 0.15) is 30.0 Å². The van der Waals surface area contributed by atoms with E-state index in [1.807, 2.05) is 54.6 Å². The van der Waals surface area contributed by atoms with Gasteiger partial charge in [-0.05, 0) is 36.1 Å². The summed E-state index contributed by atoms with van der Waals surface area (Å²) >= 11 is 5.99. The highest BCUT2D eigenvalue weighted by molar-refractivity contribution is 6.30. The van der Waals surface area contributed by atoms with E-state index in [9.17, 15) is 9.90 Å². The summed E-state index contributed by atoms with van der Waals surface area (Å²) in [5.41, 5.74) is 2.03. The van der Waals surface area contributed by atoms with Crippen LogP contribution in [0, 0.1) is 0 Å². The van der Waals surface area contributed by atoms with Crippen molar-refractivity contribution in [2.45, 2.75) is 25.0 Å². The van der Waals surface area contributed by atoms with Crippen LogP contribution in [0.5, 0.6) is 0 Å². The Morgan fingerprint density at radius 1 is 1.08 bits per heavy atom. The van der Waals surface area contributed by atoms with Gasteiger partial charge >= 0.3 is 0 Å². The van der Waals surface area contributed by atoms with Gasteiger partial charge in [-0.15, -0.1) is 0 Å². The highest BCUT2D eigenvalue weighted by atomic mass is 35.5. The van der Waals surface area contributed by atoms with E-state index in [1.54, 1.807) is 0 Å². The largest absolute Gasteiger partial charge is 0.393 e. The topological polar surface area (TPSA) is 52.6 Å². The molecule has 4 nitrogen and oxygen atoms in total. The van der Waals surface area contributed by atoms with Crippen LogP contribution in [0.4, 0.5) is 0 Å². The second-order valence-corrected chi connectivity index (χ2v) is 6.91. The van der Waals surface area contributed by atoms with Gasteiger partial charge in [-0.3, -0.25) is 9.69 Å². The maximum absolute atomic E-state index is 12.6. The van der Waals surface area contributed by atoms with Crippen molar-refractivity contribution in [1.29, 1.82) is 0 Å². The van der Waals surface area contributed by atoms with E-state index < -0.39 is 0 Å². The van der Waals surface area contributed by atoms with Gasteiger partial charge in [-0.25, -0.2) is 0 Å². The average molecular weight is 359 g/mol. The Balaban J connectivity index is 1.71. The molecule has 0 unspecified atom stereocenters. The third kappa shape index (κ3) is 5.05. The zero-order valence-electron chi connectivity index (χ0n) is 14.1. The molecule has 2 aromatic carbocycles. The maximum Gasteiger partial charge on any atom is 0.234 e. The second-order valence-electron chi connectivity index (χ2n) is 6.47. The molecule has 1 saturated heterocycles. The number of carbonyl (C=O) groups is 1. The second kappa shape index (κ2) is 8.48. The number of nitrogens with zero attached hydrogens (tertiary/aromatic N) is 1. The summed E-state index contributed by atoms with van der Waals surface area (Å²) in [5, 5.41) is 13.4. The van der Waals surface area contributed by atoms with Gasteiger partial charge in [0.2, 0.25) is 5.91 Å². The molecule has 1 aliphatic heterocycles. The number of amides is 1. The van der Waals surface area contributed by atoms with Crippen LogP contribution in [0.2, 0.25) is 5.02 Å². The predicted molar refractivity (Wildman–Crippen MR) is 99.6 cm³/mol. The van der Waals surface area contributed by atoms with Crippen LogP contribution in [0.3, 0.4) is 0 Å². The molecule has 0 aliphatic carbocycles. The van der Waals surface area contributed by atoms with Gasteiger partial charge < -0.3 is 10.4 Å². The lowest BCUT2D eigenvalue weighted by molar-refractivity contribution is -0.123. The summed E-state index contributed by atoms with van der Waals surface area (Å²) in [7, 11) is 0. The van der Waals surface area contributed by atoms with Crippen LogP contribution in [-0.4, -0.2) is 41.7 Å². The maximum atomic E-state index is 12.6. The molecule has 2 N–H and O–H groups in total. The molecule has 3 rings (SSSR count). The Hall–Kier alpha value is -1.88. The summed E-state index contributed by atoms with van der Waals surface area (Å²) in [6.45, 7) is 1.86. The molecule has 1 amide bonds. The predicted octanol–water partition coefficient (Wildman–Crippen LogP) is 3.00. The van der Waals surface area contributed by atoms with E-state index in [-0.39, 0.29) is 18.1 Å². The van der Waals surface area contributed by atoms with Gasteiger partial charge in [-0.2, -0.15) is 0 Å². The lowest BCUT2D eigenvalue weighted by atomic mass is 9.98. The molecule has 0 aromatic heterocycles. The summed E-state index contributed by atoms with van der Waals surface area (Å²) in [6, 6.07) is 17.3. The van der Waals surface area contributed by atoms with Gasteiger partial charge in [0.25, 0.3) is 0 Å². The Morgan fingerprint density at radius 2 is 1.68 bits per heavy atom. The quantitative estimate of drug-likeness (QED) is 0.863. The lowest BCUT2D eigenvalue weighted by Gasteiger charge is -2.29.